The summed E-state index contributed by atoms with van der Waals surface area (Å²) in [5, 5.41) is 11.9. The molecule has 2 aromatic rings. The van der Waals surface area contributed by atoms with Crippen molar-refractivity contribution < 1.29 is 19.5 Å². The minimum Gasteiger partial charge on any atom is -0.481 e. The maximum Gasteiger partial charge on any atom is 0.306 e. The van der Waals surface area contributed by atoms with Gasteiger partial charge in [-0.15, -0.1) is 0 Å². The van der Waals surface area contributed by atoms with Crippen molar-refractivity contribution in [3.8, 4) is 11.1 Å². The number of ketones is 1. The SMILES string of the molecule is O=C(CCC(=O)c1ccc(-c2ccccc2)cc1)NC1CCC(C(=O)O)CC1. The molecule has 1 aliphatic rings. The molecule has 3 rings (SSSR count). The fourth-order valence-corrected chi connectivity index (χ4v) is 3.64. The standard InChI is InChI=1S/C23H25NO4/c25-21(18-8-6-17(7-9-18)16-4-2-1-3-5-16)14-15-22(26)24-20-12-10-19(11-13-20)23(27)28/h1-9,19-20H,10-15H2,(H,24,26)(H,27,28). The number of carboxylic acid groups (broad SMARTS) is 1. The van der Waals surface area contributed by atoms with Crippen molar-refractivity contribution >= 4 is 17.7 Å². The summed E-state index contributed by atoms with van der Waals surface area (Å²) in [6, 6.07) is 17.4. The number of carboxylic acids is 1. The monoisotopic (exact) mass is 379 g/mol. The largest absolute Gasteiger partial charge is 0.481 e. The molecule has 0 radical (unpaired) electrons. The second kappa shape index (κ2) is 9.31. The molecule has 1 fully saturated rings. The van der Waals surface area contributed by atoms with Crippen LogP contribution in [0.5, 0.6) is 0 Å². The smallest absolute Gasteiger partial charge is 0.306 e. The van der Waals surface area contributed by atoms with Crippen LogP contribution in [0.25, 0.3) is 11.1 Å². The third-order valence-electron chi connectivity index (χ3n) is 5.33. The molecule has 1 saturated carbocycles. The van der Waals surface area contributed by atoms with Crippen molar-refractivity contribution in [3.63, 3.8) is 0 Å². The van der Waals surface area contributed by atoms with Crippen LogP contribution in [0.15, 0.2) is 54.6 Å². The highest BCUT2D eigenvalue weighted by molar-refractivity contribution is 5.98. The molecule has 0 heterocycles. The number of hydrogen-bond acceptors (Lipinski definition) is 3. The second-order valence-electron chi connectivity index (χ2n) is 7.32. The molecule has 1 aliphatic carbocycles. The number of amides is 1. The van der Waals surface area contributed by atoms with E-state index in [9.17, 15) is 14.4 Å². The van der Waals surface area contributed by atoms with Gasteiger partial charge >= 0.3 is 5.97 Å². The van der Waals surface area contributed by atoms with Crippen molar-refractivity contribution in [1.82, 2.24) is 5.32 Å². The zero-order chi connectivity index (χ0) is 19.9. The Kier molecular flexibility index (Phi) is 6.58. The molecule has 5 nitrogen and oxygen atoms in total. The molecule has 0 spiro atoms. The third kappa shape index (κ3) is 5.28. The van der Waals surface area contributed by atoms with E-state index >= 15 is 0 Å². The van der Waals surface area contributed by atoms with Gasteiger partial charge < -0.3 is 10.4 Å². The summed E-state index contributed by atoms with van der Waals surface area (Å²) in [7, 11) is 0. The highest BCUT2D eigenvalue weighted by atomic mass is 16.4. The van der Waals surface area contributed by atoms with Gasteiger partial charge in [-0.3, -0.25) is 14.4 Å². The summed E-state index contributed by atoms with van der Waals surface area (Å²) in [4.78, 5) is 35.5. The average Bonchev–Trinajstić information content (AvgIpc) is 2.73. The fraction of sp³-hybridized carbons (Fsp3) is 0.348. The summed E-state index contributed by atoms with van der Waals surface area (Å²) in [6.07, 6.45) is 2.86. The molecule has 0 unspecified atom stereocenters. The van der Waals surface area contributed by atoms with Crippen LogP contribution in [0.3, 0.4) is 0 Å². The van der Waals surface area contributed by atoms with Gasteiger partial charge in [-0.25, -0.2) is 0 Å². The Morgan fingerprint density at radius 2 is 1.43 bits per heavy atom. The van der Waals surface area contributed by atoms with Gasteiger partial charge in [-0.2, -0.15) is 0 Å². The van der Waals surface area contributed by atoms with Gasteiger partial charge in [0.05, 0.1) is 5.92 Å². The van der Waals surface area contributed by atoms with Gasteiger partial charge in [0.25, 0.3) is 0 Å². The molecule has 0 bridgehead atoms. The van der Waals surface area contributed by atoms with E-state index < -0.39 is 5.97 Å². The van der Waals surface area contributed by atoms with Crippen LogP contribution >= 0.6 is 0 Å². The minimum atomic E-state index is -0.756. The van der Waals surface area contributed by atoms with E-state index in [1.165, 1.54) is 0 Å². The van der Waals surface area contributed by atoms with E-state index in [4.69, 9.17) is 5.11 Å². The Labute approximate surface area is 164 Å². The lowest BCUT2D eigenvalue weighted by Gasteiger charge is -2.26. The molecule has 0 aromatic heterocycles. The van der Waals surface area contributed by atoms with Crippen LogP contribution in [-0.2, 0) is 9.59 Å². The van der Waals surface area contributed by atoms with Gasteiger partial charge in [-0.05, 0) is 36.8 Å². The normalized spacial score (nSPS) is 19.0. The predicted molar refractivity (Wildman–Crippen MR) is 107 cm³/mol. The molecule has 0 atom stereocenters. The lowest BCUT2D eigenvalue weighted by atomic mass is 9.86. The number of carbonyl (C=O) groups is 3. The Balaban J connectivity index is 1.45. The zero-order valence-electron chi connectivity index (χ0n) is 15.8. The summed E-state index contributed by atoms with van der Waals surface area (Å²) in [6.45, 7) is 0. The molecule has 2 N–H and O–H groups in total. The molecule has 5 heteroatoms. The Bertz CT molecular complexity index is 821. The van der Waals surface area contributed by atoms with Crippen LogP contribution in [0.1, 0.15) is 48.9 Å². The van der Waals surface area contributed by atoms with Gasteiger partial charge in [0.2, 0.25) is 5.91 Å². The predicted octanol–water partition coefficient (Wildman–Crippen LogP) is 4.08. The number of carbonyl (C=O) groups excluding carboxylic acids is 2. The van der Waals surface area contributed by atoms with Crippen molar-refractivity contribution in [3.05, 3.63) is 60.2 Å². The Hall–Kier alpha value is -2.95. The van der Waals surface area contributed by atoms with Crippen molar-refractivity contribution in [2.75, 3.05) is 0 Å². The second-order valence-corrected chi connectivity index (χ2v) is 7.32. The Morgan fingerprint density at radius 1 is 0.821 bits per heavy atom. The number of Topliss-reactive ketones (excluding diaryl/α,β-unsaturated/α-hetero) is 1. The summed E-state index contributed by atoms with van der Waals surface area (Å²) >= 11 is 0. The van der Waals surface area contributed by atoms with Crippen molar-refractivity contribution in [2.45, 2.75) is 44.6 Å². The van der Waals surface area contributed by atoms with Gasteiger partial charge in [0.15, 0.2) is 5.78 Å². The van der Waals surface area contributed by atoms with E-state index in [-0.39, 0.29) is 36.5 Å². The lowest BCUT2D eigenvalue weighted by molar-refractivity contribution is -0.142. The highest BCUT2D eigenvalue weighted by Crippen LogP contribution is 2.24. The first-order valence-electron chi connectivity index (χ1n) is 9.74. The minimum absolute atomic E-state index is 0.0170. The van der Waals surface area contributed by atoms with E-state index in [2.05, 4.69) is 5.32 Å². The molecular weight excluding hydrogens is 354 g/mol. The van der Waals surface area contributed by atoms with Crippen LogP contribution in [-0.4, -0.2) is 28.8 Å². The fourth-order valence-electron chi connectivity index (χ4n) is 3.64. The number of rotatable bonds is 7. The molecule has 1 amide bonds. The molecule has 2 aromatic carbocycles. The third-order valence-corrected chi connectivity index (χ3v) is 5.33. The van der Waals surface area contributed by atoms with Gasteiger partial charge in [0.1, 0.15) is 0 Å². The van der Waals surface area contributed by atoms with E-state index in [1.54, 1.807) is 12.1 Å². The number of benzene rings is 2. The lowest BCUT2D eigenvalue weighted by Crippen LogP contribution is -2.38. The first kappa shape index (κ1) is 19.8. The number of hydrogen-bond donors (Lipinski definition) is 2. The van der Waals surface area contributed by atoms with Gasteiger partial charge in [-0.1, -0.05) is 54.6 Å². The maximum atomic E-state index is 12.4. The van der Waals surface area contributed by atoms with Gasteiger partial charge in [0, 0.05) is 24.4 Å². The number of nitrogens with one attached hydrogen (secondary N) is 1. The summed E-state index contributed by atoms with van der Waals surface area (Å²) in [5.41, 5.74) is 2.75. The van der Waals surface area contributed by atoms with Crippen LogP contribution < -0.4 is 5.32 Å². The molecule has 0 saturated heterocycles. The topological polar surface area (TPSA) is 83.5 Å². The quantitative estimate of drug-likeness (QED) is 0.710. The van der Waals surface area contributed by atoms with Crippen LogP contribution in [0, 0.1) is 5.92 Å². The van der Waals surface area contributed by atoms with E-state index in [1.807, 2.05) is 42.5 Å². The van der Waals surface area contributed by atoms with E-state index in [0.717, 1.165) is 11.1 Å². The highest BCUT2D eigenvalue weighted by Gasteiger charge is 2.26. The first-order chi connectivity index (χ1) is 13.5. The summed E-state index contributed by atoms with van der Waals surface area (Å²) in [5.74, 6) is -1.25. The van der Waals surface area contributed by atoms with Crippen molar-refractivity contribution in [2.24, 2.45) is 5.92 Å². The van der Waals surface area contributed by atoms with Crippen molar-refractivity contribution in [1.29, 1.82) is 0 Å². The summed E-state index contributed by atoms with van der Waals surface area (Å²) < 4.78 is 0. The molecule has 28 heavy (non-hydrogen) atoms. The van der Waals surface area contributed by atoms with E-state index in [0.29, 0.717) is 31.2 Å². The Morgan fingerprint density at radius 3 is 2.04 bits per heavy atom. The maximum absolute atomic E-state index is 12.4. The van der Waals surface area contributed by atoms with Crippen LogP contribution in [0.4, 0.5) is 0 Å². The number of aliphatic carboxylic acids is 1. The average molecular weight is 379 g/mol. The first-order valence-corrected chi connectivity index (χ1v) is 9.74. The van der Waals surface area contributed by atoms with Crippen LogP contribution in [0.2, 0.25) is 0 Å². The molecule has 146 valence electrons. The zero-order valence-corrected chi connectivity index (χ0v) is 15.8. The molecular formula is C23H25NO4. The molecule has 0 aliphatic heterocycles.